The topological polar surface area (TPSA) is 37.4 Å². The Morgan fingerprint density at radius 3 is 2.40 bits per heavy atom. The van der Waals surface area contributed by atoms with Gasteiger partial charge in [0, 0.05) is 6.54 Å². The van der Waals surface area contributed by atoms with E-state index in [4.69, 9.17) is 0 Å². The monoisotopic (exact) mass is 287 g/mol. The van der Waals surface area contributed by atoms with E-state index in [2.05, 4.69) is 6.92 Å². The summed E-state index contributed by atoms with van der Waals surface area (Å²) in [5.74, 6) is 0.397. The maximum Gasteiger partial charge on any atom is 0.264 e. The van der Waals surface area contributed by atoms with Crippen LogP contribution in [0, 0.1) is 0 Å². The van der Waals surface area contributed by atoms with Crippen molar-refractivity contribution in [2.75, 3.05) is 10.8 Å². The second kappa shape index (κ2) is 4.94. The van der Waals surface area contributed by atoms with Crippen molar-refractivity contribution in [1.82, 2.24) is 0 Å². The van der Waals surface area contributed by atoms with Gasteiger partial charge in [0.05, 0.1) is 10.6 Å². The Bertz CT molecular complexity index is 710. The van der Waals surface area contributed by atoms with E-state index in [1.165, 1.54) is 4.31 Å². The van der Waals surface area contributed by atoms with Crippen molar-refractivity contribution in [1.29, 1.82) is 0 Å². The van der Waals surface area contributed by atoms with E-state index in [1.54, 1.807) is 24.3 Å². The molecule has 0 unspecified atom stereocenters. The van der Waals surface area contributed by atoms with Crippen molar-refractivity contribution >= 4 is 15.7 Å². The number of para-hydroxylation sites is 1. The molecule has 20 heavy (non-hydrogen) atoms. The van der Waals surface area contributed by atoms with E-state index >= 15 is 0 Å². The van der Waals surface area contributed by atoms with Gasteiger partial charge in [0.15, 0.2) is 0 Å². The number of rotatable bonds is 2. The molecule has 1 heterocycles. The minimum Gasteiger partial charge on any atom is -0.266 e. The zero-order valence-electron chi connectivity index (χ0n) is 11.4. The van der Waals surface area contributed by atoms with Crippen molar-refractivity contribution < 1.29 is 8.42 Å². The Kier molecular flexibility index (Phi) is 3.26. The van der Waals surface area contributed by atoms with Gasteiger partial charge in [-0.25, -0.2) is 8.42 Å². The molecule has 1 atom stereocenters. The summed E-state index contributed by atoms with van der Waals surface area (Å²) < 4.78 is 27.1. The number of fused-ring (bicyclic) bond motifs is 1. The fourth-order valence-electron chi connectivity index (χ4n) is 2.69. The van der Waals surface area contributed by atoms with Crippen LogP contribution in [-0.2, 0) is 10.0 Å². The van der Waals surface area contributed by atoms with Crippen LogP contribution in [0.1, 0.15) is 24.8 Å². The lowest BCUT2D eigenvalue weighted by atomic mass is 9.93. The summed E-state index contributed by atoms with van der Waals surface area (Å²) in [6.07, 6.45) is 0.850. The third-order valence-corrected chi connectivity index (χ3v) is 5.66. The van der Waals surface area contributed by atoms with E-state index in [9.17, 15) is 8.42 Å². The maximum atomic E-state index is 12.8. The van der Waals surface area contributed by atoms with Crippen LogP contribution in [0.15, 0.2) is 59.5 Å². The molecule has 0 aliphatic carbocycles. The van der Waals surface area contributed by atoms with Crippen molar-refractivity contribution in [2.45, 2.75) is 24.2 Å². The van der Waals surface area contributed by atoms with Crippen molar-refractivity contribution in [3.05, 3.63) is 60.2 Å². The Hall–Kier alpha value is -1.81. The molecule has 3 rings (SSSR count). The molecule has 104 valence electrons. The SMILES string of the molecule is C[C@@H]1CCN(S(=O)(=O)c2ccccc2)c2ccccc21. The second-order valence-corrected chi connectivity index (χ2v) is 7.00. The highest BCUT2D eigenvalue weighted by atomic mass is 32.2. The van der Waals surface area contributed by atoms with E-state index in [0.717, 1.165) is 17.7 Å². The predicted molar refractivity (Wildman–Crippen MR) is 80.4 cm³/mol. The summed E-state index contributed by atoms with van der Waals surface area (Å²) in [5.41, 5.74) is 1.92. The van der Waals surface area contributed by atoms with Gasteiger partial charge in [-0.2, -0.15) is 0 Å². The first-order valence-corrected chi connectivity index (χ1v) is 8.21. The summed E-state index contributed by atoms with van der Waals surface area (Å²) in [6.45, 7) is 2.68. The maximum absolute atomic E-state index is 12.8. The molecule has 2 aromatic rings. The largest absolute Gasteiger partial charge is 0.266 e. The molecule has 0 saturated heterocycles. The molecule has 4 heteroatoms. The fourth-order valence-corrected chi connectivity index (χ4v) is 4.21. The summed E-state index contributed by atoms with van der Waals surface area (Å²) >= 11 is 0. The van der Waals surface area contributed by atoms with Crippen LogP contribution in [0.2, 0.25) is 0 Å². The second-order valence-electron chi connectivity index (χ2n) is 5.14. The first-order chi connectivity index (χ1) is 9.60. The minimum absolute atomic E-state index is 0.351. The molecule has 3 nitrogen and oxygen atoms in total. The van der Waals surface area contributed by atoms with Crippen LogP contribution < -0.4 is 4.31 Å². The average Bonchev–Trinajstić information content (AvgIpc) is 2.48. The molecular formula is C16H17NO2S. The quantitative estimate of drug-likeness (QED) is 0.849. The Morgan fingerprint density at radius 1 is 1.00 bits per heavy atom. The third-order valence-electron chi connectivity index (χ3n) is 3.83. The highest BCUT2D eigenvalue weighted by Crippen LogP contribution is 2.37. The van der Waals surface area contributed by atoms with E-state index in [-0.39, 0.29) is 0 Å². The Labute approximate surface area is 119 Å². The number of benzene rings is 2. The molecule has 0 amide bonds. The van der Waals surface area contributed by atoms with Gasteiger partial charge >= 0.3 is 0 Å². The van der Waals surface area contributed by atoms with Crippen LogP contribution in [0.25, 0.3) is 0 Å². The van der Waals surface area contributed by atoms with Crippen molar-refractivity contribution in [3.63, 3.8) is 0 Å². The molecule has 0 bridgehead atoms. The Morgan fingerprint density at radius 2 is 1.65 bits per heavy atom. The number of hydrogen-bond acceptors (Lipinski definition) is 2. The normalized spacial score (nSPS) is 18.6. The molecule has 0 N–H and O–H groups in total. The Balaban J connectivity index is 2.10. The number of sulfonamides is 1. The minimum atomic E-state index is -3.47. The lowest BCUT2D eigenvalue weighted by Crippen LogP contribution is -2.36. The molecule has 0 fully saturated rings. The zero-order valence-corrected chi connectivity index (χ0v) is 12.2. The van der Waals surface area contributed by atoms with E-state index in [1.807, 2.05) is 30.3 Å². The zero-order chi connectivity index (χ0) is 14.2. The van der Waals surface area contributed by atoms with E-state index < -0.39 is 10.0 Å². The van der Waals surface area contributed by atoms with Crippen LogP contribution in [-0.4, -0.2) is 15.0 Å². The van der Waals surface area contributed by atoms with Gasteiger partial charge in [-0.3, -0.25) is 4.31 Å². The summed E-state index contributed by atoms with van der Waals surface area (Å²) in [6, 6.07) is 16.4. The lowest BCUT2D eigenvalue weighted by Gasteiger charge is -2.33. The first-order valence-electron chi connectivity index (χ1n) is 6.77. The number of anilines is 1. The predicted octanol–water partition coefficient (Wildman–Crippen LogP) is 3.39. The van der Waals surface area contributed by atoms with Crippen molar-refractivity contribution in [2.24, 2.45) is 0 Å². The molecule has 0 saturated carbocycles. The third kappa shape index (κ3) is 2.10. The van der Waals surface area contributed by atoms with Gasteiger partial charge in [-0.05, 0) is 36.1 Å². The highest BCUT2D eigenvalue weighted by molar-refractivity contribution is 7.92. The average molecular weight is 287 g/mol. The van der Waals surface area contributed by atoms with Crippen molar-refractivity contribution in [3.8, 4) is 0 Å². The molecule has 1 aliphatic rings. The van der Waals surface area contributed by atoms with E-state index in [0.29, 0.717) is 17.4 Å². The molecule has 2 aromatic carbocycles. The van der Waals surface area contributed by atoms with Gasteiger partial charge in [0.2, 0.25) is 0 Å². The van der Waals surface area contributed by atoms with Crippen LogP contribution in [0.4, 0.5) is 5.69 Å². The molecule has 0 spiro atoms. The smallest absolute Gasteiger partial charge is 0.264 e. The van der Waals surface area contributed by atoms with Crippen LogP contribution >= 0.6 is 0 Å². The summed E-state index contributed by atoms with van der Waals surface area (Å²) in [7, 11) is -3.47. The summed E-state index contributed by atoms with van der Waals surface area (Å²) in [5, 5.41) is 0. The number of nitrogens with zero attached hydrogens (tertiary/aromatic N) is 1. The standard InChI is InChI=1S/C16H17NO2S/c1-13-11-12-17(16-10-6-5-9-15(13)16)20(18,19)14-7-3-2-4-8-14/h2-10,13H,11-12H2,1H3/t13-/m1/s1. The van der Waals surface area contributed by atoms with Crippen LogP contribution in [0.5, 0.6) is 0 Å². The number of hydrogen-bond donors (Lipinski definition) is 0. The van der Waals surface area contributed by atoms with Crippen LogP contribution in [0.3, 0.4) is 0 Å². The fraction of sp³-hybridized carbons (Fsp3) is 0.250. The molecule has 0 aromatic heterocycles. The lowest BCUT2D eigenvalue weighted by molar-refractivity contribution is 0.578. The first kappa shape index (κ1) is 13.2. The molecule has 0 radical (unpaired) electrons. The summed E-state index contributed by atoms with van der Waals surface area (Å²) in [4.78, 5) is 0.351. The molecular weight excluding hydrogens is 270 g/mol. The van der Waals surface area contributed by atoms with Gasteiger partial charge in [-0.1, -0.05) is 43.3 Å². The van der Waals surface area contributed by atoms with Gasteiger partial charge < -0.3 is 0 Å². The van der Waals surface area contributed by atoms with Gasteiger partial charge in [0.25, 0.3) is 10.0 Å². The van der Waals surface area contributed by atoms with Gasteiger partial charge in [0.1, 0.15) is 0 Å². The molecule has 1 aliphatic heterocycles. The highest BCUT2D eigenvalue weighted by Gasteiger charge is 2.31. The van der Waals surface area contributed by atoms with Gasteiger partial charge in [-0.15, -0.1) is 0 Å².